The Kier molecular flexibility index (Phi) is 426. The fourth-order valence-corrected chi connectivity index (χ4v) is 0. The third kappa shape index (κ3) is 40.3. The molecule has 0 nitrogen and oxygen atoms in total. The van der Waals surface area contributed by atoms with Crippen molar-refractivity contribution in [3.63, 3.8) is 0 Å². The molecule has 0 bridgehead atoms. The molecule has 0 heterocycles. The number of rotatable bonds is 0. The predicted molar refractivity (Wildman–Crippen MR) is 0 cm³/mol. The minimum atomic E-state index is 0. The molecule has 0 N–H and O–H groups in total. The first kappa shape index (κ1) is 65.6. The number of hydrogen-bond acceptors (Lipinski definition) is 0. The minimum absolute atomic E-state index is 0. The molecule has 0 aliphatic heterocycles. The van der Waals surface area contributed by atoms with Crippen molar-refractivity contribution in [2.45, 2.75) is 0 Å². The molecule has 0 spiro atoms. The Bertz CT molecular complexity index is 4.35. The Balaban J connectivity index is 0. The minimum Gasteiger partial charge on any atom is 0 e. The van der Waals surface area contributed by atoms with E-state index in [1.54, 1.807) is 0 Å². The van der Waals surface area contributed by atoms with Crippen molar-refractivity contribution in [2.24, 2.45) is 0 Å². The van der Waals surface area contributed by atoms with Crippen molar-refractivity contribution in [1.82, 2.24) is 0 Å². The van der Waals surface area contributed by atoms with Gasteiger partial charge in [-0.05, 0) is 0 Å². The summed E-state index contributed by atoms with van der Waals surface area (Å²) in [6.45, 7) is 0. The van der Waals surface area contributed by atoms with E-state index < -0.39 is 0 Å². The third-order valence-electron chi connectivity index (χ3n) is 0. The quantitative estimate of drug-likeness (QED) is 0.301. The Morgan fingerprint density at radius 3 is 0.250 bits per heavy atom. The van der Waals surface area contributed by atoms with E-state index in [0.29, 0.717) is 0 Å². The summed E-state index contributed by atoms with van der Waals surface area (Å²) < 4.78 is 0. The first-order chi connectivity index (χ1) is 0. The van der Waals surface area contributed by atoms with Crippen LogP contribution in [-0.4, -0.2) is 0 Å². The van der Waals surface area contributed by atoms with E-state index in [-0.39, 0.29) is 185 Å². The summed E-state index contributed by atoms with van der Waals surface area (Å²) in [5.74, 6) is 0. The fraction of sp³-hybridized carbons (Fsp3) is 0. The summed E-state index contributed by atoms with van der Waals surface area (Å²) in [5, 5.41) is 0. The topological polar surface area (TPSA) is 0 Å². The average molecular weight is 885 g/mol. The maximum atomic E-state index is 0. The molecule has 0 fully saturated rings. The molecule has 8 heteroatoms. The van der Waals surface area contributed by atoms with Gasteiger partial charge in [0.1, 0.15) is 0 Å². The van der Waals surface area contributed by atoms with Gasteiger partial charge in [-0.3, -0.25) is 0 Å². The maximum Gasteiger partial charge on any atom is 0 e. The van der Waals surface area contributed by atoms with Crippen molar-refractivity contribution in [2.75, 3.05) is 0 Å². The summed E-state index contributed by atoms with van der Waals surface area (Å²) >= 11 is 0. The molecule has 0 aromatic heterocycles. The molecule has 0 unspecified atom stereocenters. The Morgan fingerprint density at radius 1 is 0.250 bits per heavy atom. The standard InChI is InChI=1S/Ce.7Pd. The molecule has 0 saturated carbocycles. The van der Waals surface area contributed by atoms with Gasteiger partial charge in [0.25, 0.3) is 0 Å². The number of hydrogen-bond donors (Lipinski definition) is 0. The van der Waals surface area contributed by atoms with Gasteiger partial charge in [0.2, 0.25) is 0 Å². The van der Waals surface area contributed by atoms with Gasteiger partial charge in [0.15, 0.2) is 0 Å². The van der Waals surface area contributed by atoms with E-state index in [1.807, 2.05) is 0 Å². The smallest absolute Gasteiger partial charge is 0 e. The summed E-state index contributed by atoms with van der Waals surface area (Å²) in [6.07, 6.45) is 0. The van der Waals surface area contributed by atoms with Gasteiger partial charge in [-0.1, -0.05) is 0 Å². The van der Waals surface area contributed by atoms with Crippen LogP contribution in [0.3, 0.4) is 0 Å². The average Bonchev–Trinajstić information content (AvgIpc) is 0. The summed E-state index contributed by atoms with van der Waals surface area (Å²) in [6, 6.07) is 0. The van der Waals surface area contributed by atoms with Crippen molar-refractivity contribution in [1.29, 1.82) is 0 Å². The van der Waals surface area contributed by atoms with Crippen LogP contribution >= 0.6 is 0 Å². The predicted octanol–water partition coefficient (Wildman–Crippen LogP) is -0.0175. The Morgan fingerprint density at radius 2 is 0.250 bits per heavy atom. The molecule has 74 valence electrons. The normalized spacial score (nSPS) is 0. The second-order valence-electron chi connectivity index (χ2n) is 0. The molecule has 0 aromatic rings. The maximum absolute atomic E-state index is 0. The molecular weight excluding hydrogens is 885 g/mol. The van der Waals surface area contributed by atoms with Crippen LogP contribution in [0.2, 0.25) is 0 Å². The second-order valence-corrected chi connectivity index (χ2v) is 0. The van der Waals surface area contributed by atoms with Gasteiger partial charge in [-0.15, -0.1) is 0 Å². The zero-order valence-corrected chi connectivity index (χ0v) is 16.7. The Hall–Kier alpha value is 6.01. The zero-order valence-electron chi connectivity index (χ0n) is 2.71. The van der Waals surface area contributed by atoms with Gasteiger partial charge < -0.3 is 0 Å². The molecule has 0 atom stereocenters. The molecule has 8 heavy (non-hydrogen) atoms. The van der Waals surface area contributed by atoms with Gasteiger partial charge in [-0.2, -0.15) is 0 Å². The van der Waals surface area contributed by atoms with E-state index in [9.17, 15) is 0 Å². The molecule has 0 rings (SSSR count). The van der Waals surface area contributed by atoms with Crippen LogP contribution in [0, 0.1) is 41.7 Å². The summed E-state index contributed by atoms with van der Waals surface area (Å²) in [5.41, 5.74) is 0. The molecule has 0 aliphatic carbocycles. The van der Waals surface area contributed by atoms with Crippen LogP contribution in [0.25, 0.3) is 0 Å². The molecule has 0 saturated heterocycles. The van der Waals surface area contributed by atoms with Crippen LogP contribution < -0.4 is 0 Å². The van der Waals surface area contributed by atoms with E-state index in [2.05, 4.69) is 0 Å². The first-order valence-electron chi connectivity index (χ1n) is 0. The van der Waals surface area contributed by atoms with E-state index in [0.717, 1.165) is 0 Å². The van der Waals surface area contributed by atoms with Crippen LogP contribution in [0.15, 0.2) is 0 Å². The van der Waals surface area contributed by atoms with E-state index >= 15 is 0 Å². The third-order valence-corrected chi connectivity index (χ3v) is 0. The van der Waals surface area contributed by atoms with Crippen molar-refractivity contribution < 1.29 is 185 Å². The molecule has 0 amide bonds. The van der Waals surface area contributed by atoms with Crippen molar-refractivity contribution >= 4 is 0 Å². The summed E-state index contributed by atoms with van der Waals surface area (Å²) in [7, 11) is 0. The Labute approximate surface area is 180 Å². The van der Waals surface area contributed by atoms with Gasteiger partial charge in [0.05, 0.1) is 0 Å². The zero-order chi connectivity index (χ0) is 0. The van der Waals surface area contributed by atoms with Crippen LogP contribution in [0.1, 0.15) is 0 Å². The van der Waals surface area contributed by atoms with Crippen LogP contribution in [0.4, 0.5) is 0 Å². The van der Waals surface area contributed by atoms with Crippen LogP contribution in [-0.2, 0) is 143 Å². The largest absolute Gasteiger partial charge is 0 e. The first-order valence-corrected chi connectivity index (χ1v) is 0. The van der Waals surface area contributed by atoms with Crippen molar-refractivity contribution in [3.8, 4) is 0 Å². The molecule has 0 aliphatic rings. The van der Waals surface area contributed by atoms with E-state index in [4.69, 9.17) is 0 Å². The monoisotopic (exact) mass is 881 g/mol. The molecule has 0 radical (unpaired) electrons. The van der Waals surface area contributed by atoms with Gasteiger partial charge >= 0.3 is 0 Å². The summed E-state index contributed by atoms with van der Waals surface area (Å²) in [4.78, 5) is 0. The van der Waals surface area contributed by atoms with Gasteiger partial charge in [0, 0.05) is 185 Å². The second kappa shape index (κ2) is 51.9. The fourth-order valence-electron chi connectivity index (χ4n) is 0. The molecular formula is CePd7. The van der Waals surface area contributed by atoms with Crippen LogP contribution in [0.5, 0.6) is 0 Å². The van der Waals surface area contributed by atoms with E-state index in [1.165, 1.54) is 0 Å². The molecule has 0 aromatic carbocycles. The van der Waals surface area contributed by atoms with Crippen molar-refractivity contribution in [3.05, 3.63) is 0 Å². The van der Waals surface area contributed by atoms with Gasteiger partial charge in [-0.25, -0.2) is 0 Å². The SMILES string of the molecule is [Ce].[Pd].[Pd].[Pd].[Pd].[Pd].[Pd].[Pd].